The van der Waals surface area contributed by atoms with Crippen LogP contribution < -0.4 is 9.96 Å². The summed E-state index contributed by atoms with van der Waals surface area (Å²) in [6, 6.07) is 1.46. The van der Waals surface area contributed by atoms with Gasteiger partial charge >= 0.3 is 0 Å². The van der Waals surface area contributed by atoms with Crippen molar-refractivity contribution in [3.05, 3.63) is 0 Å². The van der Waals surface area contributed by atoms with E-state index in [1.54, 1.807) is 0 Å². The van der Waals surface area contributed by atoms with Crippen LogP contribution in [0.5, 0.6) is 0 Å². The van der Waals surface area contributed by atoms with Crippen molar-refractivity contribution in [2.24, 2.45) is 0 Å². The fourth-order valence-electron chi connectivity index (χ4n) is 2.59. The Balaban J connectivity index is 2.57. The normalized spacial score (nSPS) is 28.1. The standard InChI is InChI=1S/C12H30N2Si2/c1-15(2,3)13-11-9-7-8-10-12(11)14-16(4,5)6/h11-14H,7-10H2,1-6H3/t11-,12+. The highest BCUT2D eigenvalue weighted by Gasteiger charge is 2.31. The van der Waals surface area contributed by atoms with Gasteiger partial charge in [-0.05, 0) is 12.8 Å². The van der Waals surface area contributed by atoms with Gasteiger partial charge in [-0.1, -0.05) is 52.1 Å². The Morgan fingerprint density at radius 1 is 0.688 bits per heavy atom. The predicted molar refractivity (Wildman–Crippen MR) is 79.0 cm³/mol. The molecular formula is C12H30N2Si2. The molecule has 1 aliphatic carbocycles. The third-order valence-electron chi connectivity index (χ3n) is 3.00. The maximum Gasteiger partial charge on any atom is 0.116 e. The SMILES string of the molecule is C[Si](C)(C)N[C@H]1CCCC[C@H]1N[Si](C)(C)C. The lowest BCUT2D eigenvalue weighted by atomic mass is 9.92. The summed E-state index contributed by atoms with van der Waals surface area (Å²) in [5, 5.41) is 0. The van der Waals surface area contributed by atoms with E-state index in [0.29, 0.717) is 0 Å². The van der Waals surface area contributed by atoms with Crippen LogP contribution in [0.4, 0.5) is 0 Å². The van der Waals surface area contributed by atoms with Crippen LogP contribution in [0.2, 0.25) is 39.3 Å². The van der Waals surface area contributed by atoms with Crippen LogP contribution >= 0.6 is 0 Å². The Morgan fingerprint density at radius 2 is 1.00 bits per heavy atom. The highest BCUT2D eigenvalue weighted by Crippen LogP contribution is 2.21. The van der Waals surface area contributed by atoms with Crippen molar-refractivity contribution >= 4 is 16.5 Å². The van der Waals surface area contributed by atoms with E-state index < -0.39 is 16.5 Å². The molecule has 0 bridgehead atoms. The molecule has 0 radical (unpaired) electrons. The van der Waals surface area contributed by atoms with Crippen LogP contribution in [0.25, 0.3) is 0 Å². The van der Waals surface area contributed by atoms with Gasteiger partial charge in [0.15, 0.2) is 0 Å². The molecule has 0 aromatic carbocycles. The lowest BCUT2D eigenvalue weighted by Crippen LogP contribution is -2.61. The summed E-state index contributed by atoms with van der Waals surface area (Å²) in [4.78, 5) is 7.86. The van der Waals surface area contributed by atoms with Gasteiger partial charge in [-0.2, -0.15) is 0 Å². The van der Waals surface area contributed by atoms with Crippen molar-refractivity contribution in [1.82, 2.24) is 9.96 Å². The van der Waals surface area contributed by atoms with Crippen molar-refractivity contribution in [2.45, 2.75) is 77.0 Å². The van der Waals surface area contributed by atoms with Gasteiger partial charge in [-0.25, -0.2) is 0 Å². The van der Waals surface area contributed by atoms with Gasteiger partial charge in [0.2, 0.25) is 0 Å². The van der Waals surface area contributed by atoms with Crippen LogP contribution in [-0.2, 0) is 0 Å². The molecule has 1 aliphatic rings. The molecule has 0 amide bonds. The van der Waals surface area contributed by atoms with E-state index in [2.05, 4.69) is 49.2 Å². The molecule has 0 unspecified atom stereocenters. The number of hydrogen-bond acceptors (Lipinski definition) is 2. The first-order chi connectivity index (χ1) is 7.17. The van der Waals surface area contributed by atoms with Crippen LogP contribution in [0.3, 0.4) is 0 Å². The topological polar surface area (TPSA) is 24.1 Å². The molecule has 1 fully saturated rings. The highest BCUT2D eigenvalue weighted by atomic mass is 28.3. The minimum Gasteiger partial charge on any atom is -0.333 e. The van der Waals surface area contributed by atoms with Gasteiger partial charge < -0.3 is 9.96 Å². The summed E-state index contributed by atoms with van der Waals surface area (Å²) in [5.74, 6) is 0. The zero-order valence-electron chi connectivity index (χ0n) is 12.0. The van der Waals surface area contributed by atoms with Crippen molar-refractivity contribution in [2.75, 3.05) is 0 Å². The Kier molecular flexibility index (Phi) is 4.81. The fraction of sp³-hybridized carbons (Fsp3) is 1.00. The maximum absolute atomic E-state index is 3.93. The molecule has 0 spiro atoms. The van der Waals surface area contributed by atoms with E-state index in [0.717, 1.165) is 12.1 Å². The molecule has 0 aromatic heterocycles. The van der Waals surface area contributed by atoms with E-state index in [-0.39, 0.29) is 0 Å². The van der Waals surface area contributed by atoms with E-state index in [1.807, 2.05) is 0 Å². The van der Waals surface area contributed by atoms with E-state index in [4.69, 9.17) is 0 Å². The number of hydrogen-bond donors (Lipinski definition) is 2. The van der Waals surface area contributed by atoms with Crippen LogP contribution in [0.15, 0.2) is 0 Å². The van der Waals surface area contributed by atoms with Crippen LogP contribution in [-0.4, -0.2) is 28.6 Å². The second kappa shape index (κ2) is 5.33. The summed E-state index contributed by atoms with van der Waals surface area (Å²) in [6.45, 7) is 14.5. The molecule has 2 N–H and O–H groups in total. The first-order valence-corrected chi connectivity index (χ1v) is 13.7. The monoisotopic (exact) mass is 258 g/mol. The van der Waals surface area contributed by atoms with Gasteiger partial charge in [0.25, 0.3) is 0 Å². The Morgan fingerprint density at radius 3 is 1.25 bits per heavy atom. The Bertz CT molecular complexity index is 194. The molecule has 96 valence electrons. The molecule has 1 saturated carbocycles. The summed E-state index contributed by atoms with van der Waals surface area (Å²) in [5.41, 5.74) is 0. The third-order valence-corrected chi connectivity index (χ3v) is 5.48. The summed E-state index contributed by atoms with van der Waals surface area (Å²) in [6.07, 6.45) is 5.55. The summed E-state index contributed by atoms with van der Waals surface area (Å²) < 4.78 is 0. The minimum atomic E-state index is -1.14. The zero-order chi connectivity index (χ0) is 12.4. The molecule has 0 aromatic rings. The average molecular weight is 259 g/mol. The molecule has 2 atom stereocenters. The minimum absolute atomic E-state index is 0.729. The predicted octanol–water partition coefficient (Wildman–Crippen LogP) is 3.15. The van der Waals surface area contributed by atoms with Crippen LogP contribution in [0, 0.1) is 0 Å². The molecule has 2 nitrogen and oxygen atoms in total. The van der Waals surface area contributed by atoms with Gasteiger partial charge in [0.1, 0.15) is 16.5 Å². The second-order valence-corrected chi connectivity index (χ2v) is 16.9. The lowest BCUT2D eigenvalue weighted by molar-refractivity contribution is 0.339. The molecule has 0 aliphatic heterocycles. The fourth-order valence-corrected chi connectivity index (χ4v) is 5.50. The quantitative estimate of drug-likeness (QED) is 0.757. The van der Waals surface area contributed by atoms with Gasteiger partial charge in [-0.15, -0.1) is 0 Å². The Labute approximate surface area is 104 Å². The van der Waals surface area contributed by atoms with E-state index >= 15 is 0 Å². The smallest absolute Gasteiger partial charge is 0.116 e. The van der Waals surface area contributed by atoms with Crippen molar-refractivity contribution < 1.29 is 0 Å². The molecule has 16 heavy (non-hydrogen) atoms. The number of nitrogens with one attached hydrogen (secondary N) is 2. The van der Waals surface area contributed by atoms with Gasteiger partial charge in [0, 0.05) is 12.1 Å². The van der Waals surface area contributed by atoms with Crippen molar-refractivity contribution in [3.8, 4) is 0 Å². The van der Waals surface area contributed by atoms with Gasteiger partial charge in [0.05, 0.1) is 0 Å². The average Bonchev–Trinajstić information content (AvgIpc) is 2.03. The maximum atomic E-state index is 3.93. The summed E-state index contributed by atoms with van der Waals surface area (Å²) >= 11 is 0. The molecule has 0 saturated heterocycles. The first kappa shape index (κ1) is 14.4. The second-order valence-electron chi connectivity index (χ2n) is 7.29. The first-order valence-electron chi connectivity index (χ1n) is 6.73. The molecule has 0 heterocycles. The van der Waals surface area contributed by atoms with E-state index in [1.165, 1.54) is 25.7 Å². The van der Waals surface area contributed by atoms with Crippen molar-refractivity contribution in [3.63, 3.8) is 0 Å². The zero-order valence-corrected chi connectivity index (χ0v) is 14.0. The van der Waals surface area contributed by atoms with Gasteiger partial charge in [-0.3, -0.25) is 0 Å². The molecule has 1 rings (SSSR count). The third kappa shape index (κ3) is 5.61. The molecular weight excluding hydrogens is 228 g/mol. The molecule has 4 heteroatoms. The summed E-state index contributed by atoms with van der Waals surface area (Å²) in [7, 11) is -2.27. The highest BCUT2D eigenvalue weighted by molar-refractivity contribution is 6.74. The lowest BCUT2D eigenvalue weighted by Gasteiger charge is -2.40. The van der Waals surface area contributed by atoms with E-state index in [9.17, 15) is 0 Å². The van der Waals surface area contributed by atoms with Crippen molar-refractivity contribution in [1.29, 1.82) is 0 Å². The number of rotatable bonds is 4. The van der Waals surface area contributed by atoms with Crippen LogP contribution in [0.1, 0.15) is 25.7 Å². The largest absolute Gasteiger partial charge is 0.333 e. The Hall–Kier alpha value is 0.354.